The third-order valence-corrected chi connectivity index (χ3v) is 3.63. The molecule has 0 amide bonds. The molecule has 0 aliphatic heterocycles. The van der Waals surface area contributed by atoms with Gasteiger partial charge in [0.15, 0.2) is 6.61 Å². The zero-order chi connectivity index (χ0) is 14.7. The van der Waals surface area contributed by atoms with Crippen LogP contribution in [0.1, 0.15) is 37.0 Å². The van der Waals surface area contributed by atoms with Crippen LogP contribution in [-0.4, -0.2) is 16.2 Å². The summed E-state index contributed by atoms with van der Waals surface area (Å²) in [6.45, 7) is 3.06. The molecule has 1 aromatic carbocycles. The highest BCUT2D eigenvalue weighted by molar-refractivity contribution is 6.32. The molecule has 5 nitrogen and oxygen atoms in total. The van der Waals surface area contributed by atoms with Gasteiger partial charge in [-0.15, -0.1) is 0 Å². The molecule has 0 atom stereocenters. The van der Waals surface area contributed by atoms with Gasteiger partial charge in [-0.05, 0) is 30.5 Å². The van der Waals surface area contributed by atoms with E-state index in [2.05, 4.69) is 15.5 Å². The van der Waals surface area contributed by atoms with Gasteiger partial charge in [-0.3, -0.25) is 0 Å². The molecule has 1 saturated carbocycles. The van der Waals surface area contributed by atoms with Crippen molar-refractivity contribution in [2.24, 2.45) is 0 Å². The van der Waals surface area contributed by atoms with Crippen LogP contribution >= 0.6 is 11.6 Å². The first-order chi connectivity index (χ1) is 10.2. The number of hydrogen-bond donors (Lipinski definition) is 1. The van der Waals surface area contributed by atoms with Crippen LogP contribution in [0.2, 0.25) is 5.02 Å². The monoisotopic (exact) mass is 307 g/mol. The van der Waals surface area contributed by atoms with E-state index in [4.69, 9.17) is 20.9 Å². The number of hydrogen-bond acceptors (Lipinski definition) is 5. The summed E-state index contributed by atoms with van der Waals surface area (Å²) in [5, 5.41) is 7.90. The molecule has 0 radical (unpaired) electrons. The topological polar surface area (TPSA) is 60.2 Å². The van der Waals surface area contributed by atoms with E-state index in [0.717, 1.165) is 18.5 Å². The Balaban J connectivity index is 1.56. The van der Waals surface area contributed by atoms with E-state index in [9.17, 15) is 0 Å². The van der Waals surface area contributed by atoms with Gasteiger partial charge in [0.1, 0.15) is 5.75 Å². The van der Waals surface area contributed by atoms with Crippen molar-refractivity contribution in [1.82, 2.24) is 15.5 Å². The highest BCUT2D eigenvalue weighted by Crippen LogP contribution is 2.27. The number of halogens is 1. The van der Waals surface area contributed by atoms with Crippen LogP contribution in [0, 0.1) is 0 Å². The average molecular weight is 308 g/mol. The Hall–Kier alpha value is -1.59. The Morgan fingerprint density at radius 3 is 2.95 bits per heavy atom. The van der Waals surface area contributed by atoms with Crippen molar-refractivity contribution in [3.05, 3.63) is 40.5 Å². The summed E-state index contributed by atoms with van der Waals surface area (Å²) in [5.41, 5.74) is 1.16. The van der Waals surface area contributed by atoms with Crippen molar-refractivity contribution in [2.45, 2.75) is 45.4 Å². The van der Waals surface area contributed by atoms with Crippen LogP contribution in [0.3, 0.4) is 0 Å². The van der Waals surface area contributed by atoms with Gasteiger partial charge in [0.2, 0.25) is 11.7 Å². The lowest BCUT2D eigenvalue weighted by Crippen LogP contribution is -2.15. The molecule has 0 unspecified atom stereocenters. The Bertz CT molecular complexity index is 611. The van der Waals surface area contributed by atoms with Crippen molar-refractivity contribution in [1.29, 1.82) is 0 Å². The predicted octanol–water partition coefficient (Wildman–Crippen LogP) is 3.12. The number of benzene rings is 1. The number of aromatic nitrogens is 2. The molecule has 1 heterocycles. The SMILES string of the molecule is CCc1nc(COc2ccc(CNC3CC3)cc2Cl)no1. The van der Waals surface area contributed by atoms with Crippen molar-refractivity contribution < 1.29 is 9.26 Å². The second-order valence-electron chi connectivity index (χ2n) is 5.17. The fraction of sp³-hybridized carbons (Fsp3) is 0.467. The molecule has 21 heavy (non-hydrogen) atoms. The summed E-state index contributed by atoms with van der Waals surface area (Å²) in [6.07, 6.45) is 3.27. The van der Waals surface area contributed by atoms with E-state index < -0.39 is 0 Å². The van der Waals surface area contributed by atoms with Crippen LogP contribution in [0.4, 0.5) is 0 Å². The Labute approximate surface area is 128 Å². The van der Waals surface area contributed by atoms with Gasteiger partial charge < -0.3 is 14.6 Å². The molecule has 6 heteroatoms. The highest BCUT2D eigenvalue weighted by atomic mass is 35.5. The minimum Gasteiger partial charge on any atom is -0.484 e. The third-order valence-electron chi connectivity index (χ3n) is 3.34. The number of rotatable bonds is 7. The number of nitrogens with zero attached hydrogens (tertiary/aromatic N) is 2. The standard InChI is InChI=1S/C15H18ClN3O2/c1-2-15-18-14(19-21-15)9-20-13-6-3-10(7-12(13)16)8-17-11-4-5-11/h3,6-7,11,17H,2,4-5,8-9H2,1H3. The van der Waals surface area contributed by atoms with Gasteiger partial charge in [0, 0.05) is 19.0 Å². The maximum atomic E-state index is 6.24. The summed E-state index contributed by atoms with van der Waals surface area (Å²) >= 11 is 6.24. The minimum atomic E-state index is 0.253. The molecule has 112 valence electrons. The summed E-state index contributed by atoms with van der Waals surface area (Å²) in [5.74, 6) is 1.78. The van der Waals surface area contributed by atoms with Crippen LogP contribution < -0.4 is 10.1 Å². The molecule has 0 saturated heterocycles. The zero-order valence-corrected chi connectivity index (χ0v) is 12.7. The predicted molar refractivity (Wildman–Crippen MR) is 79.3 cm³/mol. The number of ether oxygens (including phenoxy) is 1. The van der Waals surface area contributed by atoms with E-state index in [-0.39, 0.29) is 6.61 Å². The molecule has 2 aromatic rings. The third kappa shape index (κ3) is 3.95. The smallest absolute Gasteiger partial charge is 0.226 e. The van der Waals surface area contributed by atoms with Crippen molar-refractivity contribution in [2.75, 3.05) is 0 Å². The molecule has 1 aliphatic carbocycles. The molecule has 3 rings (SSSR count). The number of nitrogens with one attached hydrogen (secondary N) is 1. The van der Waals surface area contributed by atoms with E-state index in [1.54, 1.807) is 0 Å². The molecule has 1 N–H and O–H groups in total. The van der Waals surface area contributed by atoms with E-state index in [1.807, 2.05) is 25.1 Å². The molecule has 1 aromatic heterocycles. The maximum absolute atomic E-state index is 6.24. The van der Waals surface area contributed by atoms with Gasteiger partial charge in [-0.2, -0.15) is 4.98 Å². The Morgan fingerprint density at radius 2 is 2.29 bits per heavy atom. The first kappa shape index (κ1) is 14.4. The lowest BCUT2D eigenvalue weighted by atomic mass is 10.2. The highest BCUT2D eigenvalue weighted by Gasteiger charge is 2.20. The molecule has 0 bridgehead atoms. The molecule has 1 fully saturated rings. The fourth-order valence-corrected chi connectivity index (χ4v) is 2.21. The summed E-state index contributed by atoms with van der Waals surface area (Å²) in [7, 11) is 0. The minimum absolute atomic E-state index is 0.253. The van der Waals surface area contributed by atoms with Crippen LogP contribution in [0.5, 0.6) is 5.75 Å². The van der Waals surface area contributed by atoms with Crippen molar-refractivity contribution in [3.63, 3.8) is 0 Å². The largest absolute Gasteiger partial charge is 0.484 e. The Kier molecular flexibility index (Phi) is 4.41. The second-order valence-corrected chi connectivity index (χ2v) is 5.57. The van der Waals surface area contributed by atoms with Crippen LogP contribution in [0.25, 0.3) is 0 Å². The summed E-state index contributed by atoms with van der Waals surface area (Å²) < 4.78 is 10.7. The van der Waals surface area contributed by atoms with Gasteiger partial charge in [0.25, 0.3) is 0 Å². The lowest BCUT2D eigenvalue weighted by molar-refractivity contribution is 0.285. The van der Waals surface area contributed by atoms with Gasteiger partial charge in [-0.1, -0.05) is 29.7 Å². The van der Waals surface area contributed by atoms with Crippen molar-refractivity contribution >= 4 is 11.6 Å². The molecule has 1 aliphatic rings. The van der Waals surface area contributed by atoms with Gasteiger partial charge in [-0.25, -0.2) is 0 Å². The fourth-order valence-electron chi connectivity index (χ4n) is 1.96. The lowest BCUT2D eigenvalue weighted by Gasteiger charge is -2.08. The first-order valence-corrected chi connectivity index (χ1v) is 7.58. The van der Waals surface area contributed by atoms with Crippen LogP contribution in [-0.2, 0) is 19.6 Å². The second kappa shape index (κ2) is 6.45. The van der Waals surface area contributed by atoms with Gasteiger partial charge in [0.05, 0.1) is 5.02 Å². The Morgan fingerprint density at radius 1 is 1.43 bits per heavy atom. The summed E-state index contributed by atoms with van der Waals surface area (Å²) in [4.78, 5) is 4.19. The maximum Gasteiger partial charge on any atom is 0.226 e. The number of aryl methyl sites for hydroxylation is 1. The van der Waals surface area contributed by atoms with Gasteiger partial charge >= 0.3 is 0 Å². The van der Waals surface area contributed by atoms with E-state index in [1.165, 1.54) is 12.8 Å². The first-order valence-electron chi connectivity index (χ1n) is 7.20. The van der Waals surface area contributed by atoms with E-state index >= 15 is 0 Å². The van der Waals surface area contributed by atoms with E-state index in [0.29, 0.717) is 28.5 Å². The average Bonchev–Trinajstić information content (AvgIpc) is 3.21. The van der Waals surface area contributed by atoms with Crippen LogP contribution in [0.15, 0.2) is 22.7 Å². The molecular weight excluding hydrogens is 290 g/mol. The molecular formula is C15H18ClN3O2. The summed E-state index contributed by atoms with van der Waals surface area (Å²) in [6, 6.07) is 6.52. The zero-order valence-electron chi connectivity index (χ0n) is 11.9. The molecule has 0 spiro atoms. The normalized spacial score (nSPS) is 14.4. The quantitative estimate of drug-likeness (QED) is 0.851. The van der Waals surface area contributed by atoms with Crippen molar-refractivity contribution in [3.8, 4) is 5.75 Å².